The number of amides is 4. The summed E-state index contributed by atoms with van der Waals surface area (Å²) < 4.78 is 38.6. The van der Waals surface area contributed by atoms with Gasteiger partial charge in [0.05, 0.1) is 69.4 Å². The molecule has 0 radical (unpaired) electrons. The molecule has 4 aromatic rings. The largest absolute Gasteiger partial charge is 0.487 e. The predicted octanol–water partition coefficient (Wildman–Crippen LogP) is 5.65. The number of methoxy groups -OCH3 is 5. The number of rotatable bonds is 20. The van der Waals surface area contributed by atoms with Crippen LogP contribution >= 0.6 is 0 Å². The zero-order valence-corrected chi connectivity index (χ0v) is 38.4. The molecule has 0 aliphatic carbocycles. The summed E-state index contributed by atoms with van der Waals surface area (Å²) in [5, 5.41) is 5.32. The maximum absolute atomic E-state index is 13.9. The van der Waals surface area contributed by atoms with Gasteiger partial charge in [-0.15, -0.1) is 0 Å². The number of alkyl carbamates (subject to hydrolysis) is 2. The summed E-state index contributed by atoms with van der Waals surface area (Å²) in [5.74, 6) is 1.61. The van der Waals surface area contributed by atoms with Gasteiger partial charge in [-0.3, -0.25) is 9.59 Å². The number of hydrogen-bond acceptors (Lipinski definition) is 13. The second kappa shape index (κ2) is 22.6. The molecule has 4 heterocycles. The van der Waals surface area contributed by atoms with Crippen molar-refractivity contribution >= 4 is 24.0 Å². The second-order valence-corrected chi connectivity index (χ2v) is 16.2. The molecule has 2 aromatic carbocycles. The standard InChI is InChI=1S/C46H62N8O11/c1-27(2)37(51-45(57)62-7)43(55)53-19-9-11-35(53)41-47-25-33(49-41)30-15-13-29(14-16-30)31-17-18-32(40(65-24-22-60-5)39(31)64-23-21-59-4)34-26-48-42(50-34)36-12-10-20-54(36)44(56)38(28(3)61-6)52-46(58)63-8/h13-18,25-28,35-38H,9-12,19-24H2,1-8H3,(H,47,49)(H,48,50)(H,51,57)(H,52,58). The van der Waals surface area contributed by atoms with E-state index in [1.54, 1.807) is 43.3 Å². The van der Waals surface area contributed by atoms with E-state index in [0.717, 1.165) is 41.6 Å². The van der Waals surface area contributed by atoms with Crippen LogP contribution in [-0.4, -0.2) is 147 Å². The van der Waals surface area contributed by atoms with Crippen molar-refractivity contribution in [3.8, 4) is 45.1 Å². The summed E-state index contributed by atoms with van der Waals surface area (Å²) in [6.45, 7) is 7.66. The highest BCUT2D eigenvalue weighted by molar-refractivity contribution is 5.88. The molecule has 19 nitrogen and oxygen atoms in total. The Balaban J connectivity index is 1.28. The number of ether oxygens (including phenoxy) is 7. The molecule has 2 saturated heterocycles. The molecule has 0 spiro atoms. The summed E-state index contributed by atoms with van der Waals surface area (Å²) in [6.07, 6.45) is 4.45. The molecule has 6 rings (SSSR count). The molecule has 352 valence electrons. The van der Waals surface area contributed by atoms with Crippen LogP contribution in [0.15, 0.2) is 48.8 Å². The third-order valence-corrected chi connectivity index (χ3v) is 11.8. The monoisotopic (exact) mass is 902 g/mol. The number of H-pyrrole nitrogens is 2. The van der Waals surface area contributed by atoms with Crippen molar-refractivity contribution in [1.29, 1.82) is 0 Å². The van der Waals surface area contributed by atoms with E-state index in [9.17, 15) is 19.2 Å². The van der Waals surface area contributed by atoms with Crippen molar-refractivity contribution in [3.05, 3.63) is 60.4 Å². The third-order valence-electron chi connectivity index (χ3n) is 11.8. The quantitative estimate of drug-likeness (QED) is 0.0789. The van der Waals surface area contributed by atoms with E-state index < -0.39 is 30.4 Å². The fourth-order valence-corrected chi connectivity index (χ4v) is 8.26. The molecule has 2 aliphatic rings. The van der Waals surface area contributed by atoms with Crippen LogP contribution < -0.4 is 20.1 Å². The summed E-state index contributed by atoms with van der Waals surface area (Å²) >= 11 is 0. The Morgan fingerprint density at radius 3 is 1.65 bits per heavy atom. The molecular formula is C46H62N8O11. The molecule has 19 heteroatoms. The topological polar surface area (TPSA) is 221 Å². The smallest absolute Gasteiger partial charge is 0.407 e. The molecule has 0 saturated carbocycles. The number of benzene rings is 2. The second-order valence-electron chi connectivity index (χ2n) is 16.2. The van der Waals surface area contributed by atoms with Crippen LogP contribution in [0, 0.1) is 5.92 Å². The molecule has 2 aliphatic heterocycles. The first kappa shape index (κ1) is 48.3. The zero-order chi connectivity index (χ0) is 46.6. The van der Waals surface area contributed by atoms with E-state index in [0.29, 0.717) is 67.1 Å². The van der Waals surface area contributed by atoms with Gasteiger partial charge in [0.15, 0.2) is 11.5 Å². The Hall–Kier alpha value is -6.18. The Labute approximate surface area is 379 Å². The number of aromatic nitrogens is 4. The predicted molar refractivity (Wildman–Crippen MR) is 239 cm³/mol. The summed E-state index contributed by atoms with van der Waals surface area (Å²) in [7, 11) is 7.22. The lowest BCUT2D eigenvalue weighted by Gasteiger charge is -2.30. The van der Waals surface area contributed by atoms with Crippen LogP contribution in [0.25, 0.3) is 33.6 Å². The minimum absolute atomic E-state index is 0.141. The Morgan fingerprint density at radius 2 is 1.12 bits per heavy atom. The first-order valence-electron chi connectivity index (χ1n) is 21.9. The van der Waals surface area contributed by atoms with Crippen LogP contribution in [-0.2, 0) is 33.3 Å². The van der Waals surface area contributed by atoms with E-state index >= 15 is 0 Å². The van der Waals surface area contributed by atoms with Gasteiger partial charge < -0.3 is 63.6 Å². The number of nitrogens with zero attached hydrogens (tertiary/aromatic N) is 4. The van der Waals surface area contributed by atoms with Gasteiger partial charge in [-0.05, 0) is 61.8 Å². The molecule has 65 heavy (non-hydrogen) atoms. The van der Waals surface area contributed by atoms with Gasteiger partial charge in [0.1, 0.15) is 36.9 Å². The van der Waals surface area contributed by atoms with Crippen LogP contribution in [0.3, 0.4) is 0 Å². The zero-order valence-electron chi connectivity index (χ0n) is 38.4. The average Bonchev–Trinajstić information content (AvgIpc) is 4.17. The SMILES string of the molecule is COCCOc1c(-c2ccc(-c3cnc(C4CCCN4C(=O)C(NC(=O)OC)C(C)C)[nH]3)cc2)ccc(-c2cnc(C3CCCN3C(=O)C(NC(=O)OC)C(C)OC)[nH]2)c1OCCOC. The molecule has 5 unspecified atom stereocenters. The molecule has 0 bridgehead atoms. The van der Waals surface area contributed by atoms with Gasteiger partial charge in [0.2, 0.25) is 11.8 Å². The molecule has 4 N–H and O–H groups in total. The van der Waals surface area contributed by atoms with Gasteiger partial charge in [0.25, 0.3) is 0 Å². The molecule has 2 aromatic heterocycles. The highest BCUT2D eigenvalue weighted by Gasteiger charge is 2.40. The first-order valence-corrected chi connectivity index (χ1v) is 21.9. The number of nitrogens with one attached hydrogen (secondary N) is 4. The third kappa shape index (κ3) is 11.2. The van der Waals surface area contributed by atoms with Crippen molar-refractivity contribution in [2.45, 2.75) is 76.7 Å². The molecule has 2 fully saturated rings. The van der Waals surface area contributed by atoms with Gasteiger partial charge in [-0.25, -0.2) is 19.6 Å². The minimum atomic E-state index is -0.962. The Bertz CT molecular complexity index is 2230. The van der Waals surface area contributed by atoms with E-state index in [2.05, 4.69) is 20.6 Å². The van der Waals surface area contributed by atoms with Crippen LogP contribution in [0.2, 0.25) is 0 Å². The molecule has 5 atom stereocenters. The minimum Gasteiger partial charge on any atom is -0.487 e. The maximum atomic E-state index is 13.9. The van der Waals surface area contributed by atoms with Crippen molar-refractivity contribution < 1.29 is 52.3 Å². The average molecular weight is 903 g/mol. The fraction of sp³-hybridized carbons (Fsp3) is 0.522. The number of aromatic amines is 2. The lowest BCUT2D eigenvalue weighted by atomic mass is 9.98. The van der Waals surface area contributed by atoms with E-state index in [4.69, 9.17) is 43.1 Å². The van der Waals surface area contributed by atoms with Crippen molar-refractivity contribution in [2.24, 2.45) is 5.92 Å². The Kier molecular flexibility index (Phi) is 16.8. The van der Waals surface area contributed by atoms with Crippen LogP contribution in [0.4, 0.5) is 9.59 Å². The number of hydrogen-bond donors (Lipinski definition) is 4. The summed E-state index contributed by atoms with van der Waals surface area (Å²) in [5.41, 5.74) is 4.65. The van der Waals surface area contributed by atoms with E-state index in [-0.39, 0.29) is 43.0 Å². The lowest BCUT2D eigenvalue weighted by Crippen LogP contribution is -2.54. The van der Waals surface area contributed by atoms with Gasteiger partial charge >= 0.3 is 12.2 Å². The highest BCUT2D eigenvalue weighted by atomic mass is 16.6. The van der Waals surface area contributed by atoms with Crippen LogP contribution in [0.1, 0.15) is 70.2 Å². The maximum Gasteiger partial charge on any atom is 0.407 e. The highest BCUT2D eigenvalue weighted by Crippen LogP contribution is 2.46. The van der Waals surface area contributed by atoms with Gasteiger partial charge in [-0.2, -0.15) is 0 Å². The van der Waals surface area contributed by atoms with Gasteiger partial charge in [0, 0.05) is 45.5 Å². The summed E-state index contributed by atoms with van der Waals surface area (Å²) in [4.78, 5) is 71.7. The fourth-order valence-electron chi connectivity index (χ4n) is 8.26. The Morgan fingerprint density at radius 1 is 0.646 bits per heavy atom. The first-order chi connectivity index (χ1) is 31.4. The van der Waals surface area contributed by atoms with Crippen molar-refractivity contribution in [3.63, 3.8) is 0 Å². The van der Waals surface area contributed by atoms with Gasteiger partial charge in [-0.1, -0.05) is 38.1 Å². The van der Waals surface area contributed by atoms with Crippen molar-refractivity contribution in [2.75, 3.05) is 75.1 Å². The summed E-state index contributed by atoms with van der Waals surface area (Å²) in [6, 6.07) is 9.55. The van der Waals surface area contributed by atoms with Crippen LogP contribution in [0.5, 0.6) is 11.5 Å². The normalized spacial score (nSPS) is 17.4. The molecular weight excluding hydrogens is 841 g/mol. The van der Waals surface area contributed by atoms with E-state index in [1.807, 2.05) is 50.2 Å². The van der Waals surface area contributed by atoms with E-state index in [1.165, 1.54) is 21.3 Å². The number of imidazole rings is 2. The number of carbonyl (C=O) groups is 4. The number of likely N-dealkylation sites (tertiary alicyclic amines) is 2. The lowest BCUT2D eigenvalue weighted by molar-refractivity contribution is -0.137. The molecule has 4 amide bonds. The number of carbonyl (C=O) groups excluding carboxylic acids is 4. The van der Waals surface area contributed by atoms with Crippen molar-refractivity contribution in [1.82, 2.24) is 40.4 Å².